The molecule has 1 aromatic carbocycles. The van der Waals surface area contributed by atoms with Crippen LogP contribution in [0, 0.1) is 5.92 Å². The number of anilines is 1. The number of halogens is 3. The molecule has 1 spiro atoms. The van der Waals surface area contributed by atoms with Crippen molar-refractivity contribution >= 4 is 17.6 Å². The second kappa shape index (κ2) is 8.43. The number of rotatable bonds is 4. The summed E-state index contributed by atoms with van der Waals surface area (Å²) >= 11 is 0. The van der Waals surface area contributed by atoms with Crippen molar-refractivity contribution in [1.29, 1.82) is 0 Å². The number of hydrogen-bond acceptors (Lipinski definition) is 4. The number of carbonyl (C=O) groups excluding carboxylic acids is 2. The molecule has 0 aromatic heterocycles. The average molecular weight is 439 g/mol. The van der Waals surface area contributed by atoms with Gasteiger partial charge in [-0.15, -0.1) is 0 Å². The largest absolute Gasteiger partial charge is 0.416 e. The number of likely N-dealkylation sites (tertiary alicyclic amines) is 1. The number of likely N-dealkylation sites (N-methyl/N-ethyl adjacent to an activating group) is 1. The monoisotopic (exact) mass is 439 g/mol. The number of amides is 3. The molecule has 0 atom stereocenters. The average Bonchev–Trinajstić information content (AvgIpc) is 2.95. The molecule has 0 N–H and O–H groups in total. The van der Waals surface area contributed by atoms with Crippen LogP contribution in [0.25, 0.3) is 0 Å². The highest BCUT2D eigenvalue weighted by Gasteiger charge is 2.58. The van der Waals surface area contributed by atoms with Crippen molar-refractivity contribution in [1.82, 2.24) is 9.80 Å². The van der Waals surface area contributed by atoms with Gasteiger partial charge < -0.3 is 14.5 Å². The highest BCUT2D eigenvalue weighted by Crippen LogP contribution is 2.41. The van der Waals surface area contributed by atoms with Gasteiger partial charge in [0.2, 0.25) is 0 Å². The van der Waals surface area contributed by atoms with Crippen LogP contribution in [-0.4, -0.2) is 66.7 Å². The summed E-state index contributed by atoms with van der Waals surface area (Å²) in [4.78, 5) is 31.4. The van der Waals surface area contributed by atoms with Gasteiger partial charge in [0.25, 0.3) is 5.91 Å². The molecule has 0 aliphatic carbocycles. The molecular formula is C22H28F3N3O3. The van der Waals surface area contributed by atoms with E-state index >= 15 is 0 Å². The molecule has 3 fully saturated rings. The summed E-state index contributed by atoms with van der Waals surface area (Å²) in [5, 5.41) is 0. The predicted octanol–water partition coefficient (Wildman–Crippen LogP) is 3.76. The fraction of sp³-hybridized carbons (Fsp3) is 0.636. The molecule has 1 aromatic rings. The Morgan fingerprint density at radius 2 is 1.81 bits per heavy atom. The molecule has 3 heterocycles. The minimum atomic E-state index is -4.54. The van der Waals surface area contributed by atoms with E-state index in [4.69, 9.17) is 4.74 Å². The number of benzene rings is 1. The first-order valence-corrected chi connectivity index (χ1v) is 10.9. The zero-order valence-electron chi connectivity index (χ0n) is 17.7. The second-order valence-corrected chi connectivity index (χ2v) is 8.60. The maximum Gasteiger partial charge on any atom is 0.416 e. The number of nitrogens with zero attached hydrogens (tertiary/aromatic N) is 3. The quantitative estimate of drug-likeness (QED) is 0.671. The number of carbonyl (C=O) groups is 2. The highest BCUT2D eigenvalue weighted by atomic mass is 19.4. The lowest BCUT2D eigenvalue weighted by Gasteiger charge is -2.43. The standard InChI is InChI=1S/C22H28F3N3O3/c1-2-27-20(30)28(18-5-3-4-17(14-18)22(23,24)25)19(29)21(27)8-10-26(11-9-21)15-16-6-12-31-13-7-16/h3-5,14,16H,2,6-13,15H2,1H3. The summed E-state index contributed by atoms with van der Waals surface area (Å²) in [6.45, 7) is 6.02. The molecule has 6 nitrogen and oxygen atoms in total. The molecule has 3 aliphatic heterocycles. The van der Waals surface area contributed by atoms with Crippen LogP contribution in [0.1, 0.15) is 38.2 Å². The third-order valence-electron chi connectivity index (χ3n) is 6.83. The highest BCUT2D eigenvalue weighted by molar-refractivity contribution is 6.23. The van der Waals surface area contributed by atoms with Gasteiger partial charge in [0.05, 0.1) is 11.3 Å². The summed E-state index contributed by atoms with van der Waals surface area (Å²) in [5.74, 6) is 0.164. The Morgan fingerprint density at radius 1 is 1.13 bits per heavy atom. The third kappa shape index (κ3) is 4.05. The Balaban J connectivity index is 1.53. The van der Waals surface area contributed by atoms with Crippen molar-refractivity contribution in [2.24, 2.45) is 5.92 Å². The van der Waals surface area contributed by atoms with Crippen molar-refractivity contribution in [3.63, 3.8) is 0 Å². The van der Waals surface area contributed by atoms with Gasteiger partial charge in [-0.05, 0) is 56.7 Å². The first-order chi connectivity index (χ1) is 14.8. The summed E-state index contributed by atoms with van der Waals surface area (Å²) < 4.78 is 44.9. The van der Waals surface area contributed by atoms with Crippen LogP contribution in [0.3, 0.4) is 0 Å². The number of imide groups is 1. The first-order valence-electron chi connectivity index (χ1n) is 10.9. The molecule has 170 valence electrons. The van der Waals surface area contributed by atoms with E-state index < -0.39 is 29.2 Å². The molecule has 0 saturated carbocycles. The Labute approximate surface area is 179 Å². The lowest BCUT2D eigenvalue weighted by atomic mass is 9.85. The summed E-state index contributed by atoms with van der Waals surface area (Å²) in [6.07, 6.45) is -1.50. The summed E-state index contributed by atoms with van der Waals surface area (Å²) in [6, 6.07) is 3.90. The zero-order valence-corrected chi connectivity index (χ0v) is 17.7. The lowest BCUT2D eigenvalue weighted by molar-refractivity contribution is -0.137. The van der Waals surface area contributed by atoms with E-state index in [1.807, 2.05) is 0 Å². The summed E-state index contributed by atoms with van der Waals surface area (Å²) in [5.41, 5.74) is -1.88. The molecule has 3 saturated heterocycles. The van der Waals surface area contributed by atoms with E-state index in [0.29, 0.717) is 38.4 Å². The van der Waals surface area contributed by atoms with Crippen molar-refractivity contribution in [3.8, 4) is 0 Å². The number of piperidine rings is 1. The van der Waals surface area contributed by atoms with Gasteiger partial charge in [0.1, 0.15) is 5.54 Å². The van der Waals surface area contributed by atoms with E-state index in [-0.39, 0.29) is 5.69 Å². The maximum atomic E-state index is 13.5. The number of urea groups is 1. The van der Waals surface area contributed by atoms with E-state index in [1.165, 1.54) is 12.1 Å². The van der Waals surface area contributed by atoms with Gasteiger partial charge in [-0.25, -0.2) is 9.69 Å². The topological polar surface area (TPSA) is 53.1 Å². The Bertz CT molecular complexity index is 831. The van der Waals surface area contributed by atoms with Crippen LogP contribution in [0.2, 0.25) is 0 Å². The minimum absolute atomic E-state index is 0.0233. The van der Waals surface area contributed by atoms with Crippen molar-refractivity contribution in [2.45, 2.75) is 44.3 Å². The number of alkyl halides is 3. The number of hydrogen-bond donors (Lipinski definition) is 0. The van der Waals surface area contributed by atoms with E-state index in [9.17, 15) is 22.8 Å². The van der Waals surface area contributed by atoms with E-state index in [1.54, 1.807) is 11.8 Å². The van der Waals surface area contributed by atoms with Gasteiger partial charge in [-0.3, -0.25) is 4.79 Å². The fourth-order valence-corrected chi connectivity index (χ4v) is 5.08. The molecule has 0 radical (unpaired) electrons. The fourth-order valence-electron chi connectivity index (χ4n) is 5.08. The predicted molar refractivity (Wildman–Crippen MR) is 109 cm³/mol. The van der Waals surface area contributed by atoms with Crippen LogP contribution in [-0.2, 0) is 15.7 Å². The van der Waals surface area contributed by atoms with Gasteiger partial charge in [0.15, 0.2) is 0 Å². The molecule has 31 heavy (non-hydrogen) atoms. The van der Waals surface area contributed by atoms with Crippen molar-refractivity contribution in [3.05, 3.63) is 29.8 Å². The van der Waals surface area contributed by atoms with Gasteiger partial charge in [-0.2, -0.15) is 13.2 Å². The SMILES string of the molecule is CCN1C(=O)N(c2cccc(C(F)(F)F)c2)C(=O)C12CCN(CC1CCOCC1)CC2. The van der Waals surface area contributed by atoms with Crippen molar-refractivity contribution < 1.29 is 27.5 Å². The molecule has 0 unspecified atom stereocenters. The molecular weight excluding hydrogens is 411 g/mol. The van der Waals surface area contributed by atoms with Crippen molar-refractivity contribution in [2.75, 3.05) is 44.3 Å². The van der Waals surface area contributed by atoms with Crippen LogP contribution < -0.4 is 4.90 Å². The summed E-state index contributed by atoms with van der Waals surface area (Å²) in [7, 11) is 0. The lowest BCUT2D eigenvalue weighted by Crippen LogP contribution is -2.57. The smallest absolute Gasteiger partial charge is 0.381 e. The zero-order chi connectivity index (χ0) is 22.2. The van der Waals surface area contributed by atoms with Crippen LogP contribution in [0.5, 0.6) is 0 Å². The van der Waals surface area contributed by atoms with Gasteiger partial charge >= 0.3 is 12.2 Å². The van der Waals surface area contributed by atoms with E-state index in [2.05, 4.69) is 4.90 Å². The van der Waals surface area contributed by atoms with Crippen LogP contribution in [0.15, 0.2) is 24.3 Å². The second-order valence-electron chi connectivity index (χ2n) is 8.60. The van der Waals surface area contributed by atoms with Crippen LogP contribution in [0.4, 0.5) is 23.7 Å². The van der Waals surface area contributed by atoms with E-state index in [0.717, 1.165) is 49.6 Å². The number of ether oxygens (including phenoxy) is 1. The molecule has 4 rings (SSSR count). The Morgan fingerprint density at radius 3 is 2.42 bits per heavy atom. The maximum absolute atomic E-state index is 13.5. The molecule has 3 amide bonds. The molecule has 0 bridgehead atoms. The first kappa shape index (κ1) is 22.1. The minimum Gasteiger partial charge on any atom is -0.381 e. The molecule has 3 aliphatic rings. The van der Waals surface area contributed by atoms with Gasteiger partial charge in [-0.1, -0.05) is 6.07 Å². The Hall–Kier alpha value is -2.13. The normalized spacial score (nSPS) is 23.2. The van der Waals surface area contributed by atoms with Crippen LogP contribution >= 0.6 is 0 Å². The molecule has 9 heteroatoms. The third-order valence-corrected chi connectivity index (χ3v) is 6.83. The van der Waals surface area contributed by atoms with Gasteiger partial charge in [0, 0.05) is 39.4 Å². The Kier molecular flexibility index (Phi) is 6.00.